The van der Waals surface area contributed by atoms with Gasteiger partial charge >= 0.3 is 5.97 Å². The van der Waals surface area contributed by atoms with Crippen molar-refractivity contribution in [3.8, 4) is 0 Å². The van der Waals surface area contributed by atoms with Gasteiger partial charge in [0.05, 0.1) is 12.1 Å². The van der Waals surface area contributed by atoms with Gasteiger partial charge in [0.1, 0.15) is 0 Å². The Morgan fingerprint density at radius 1 is 1.54 bits per heavy atom. The summed E-state index contributed by atoms with van der Waals surface area (Å²) in [4.78, 5) is 28.8. The van der Waals surface area contributed by atoms with Gasteiger partial charge in [-0.1, -0.05) is 50.1 Å². The van der Waals surface area contributed by atoms with Gasteiger partial charge in [-0.3, -0.25) is 4.79 Å². The predicted octanol–water partition coefficient (Wildman–Crippen LogP) is 3.42. The Morgan fingerprint density at radius 2 is 2.35 bits per heavy atom. The number of thiazole rings is 1. The molecule has 26 heavy (non-hydrogen) atoms. The molecule has 6 nitrogen and oxygen atoms in total. The molecule has 1 saturated heterocycles. The Balaban J connectivity index is 1.80. The maximum Gasteiger partial charge on any atom is 0.355 e. The molecule has 1 aromatic heterocycles. The second-order valence-corrected chi connectivity index (χ2v) is 8.49. The zero-order valence-corrected chi connectivity index (χ0v) is 16.6. The fourth-order valence-electron chi connectivity index (χ4n) is 2.86. The third kappa shape index (κ3) is 6.41. The monoisotopic (exact) mass is 398 g/mol. The molecule has 0 aliphatic carbocycles. The van der Waals surface area contributed by atoms with Crippen molar-refractivity contribution in [2.45, 2.75) is 61.9 Å². The van der Waals surface area contributed by atoms with Crippen molar-refractivity contribution in [2.24, 2.45) is 0 Å². The van der Waals surface area contributed by atoms with Crippen molar-refractivity contribution in [2.75, 3.05) is 12.3 Å². The second-order valence-electron chi connectivity index (χ2n) is 6.29. The second kappa shape index (κ2) is 10.7. The van der Waals surface area contributed by atoms with Gasteiger partial charge in [0.2, 0.25) is 5.91 Å². The number of aromatic carboxylic acids is 1. The van der Waals surface area contributed by atoms with Crippen LogP contribution in [-0.4, -0.2) is 56.4 Å². The first-order valence-electron chi connectivity index (χ1n) is 8.98. The number of nitrogens with zero attached hydrogens (tertiary/aromatic N) is 2. The van der Waals surface area contributed by atoms with Crippen molar-refractivity contribution >= 4 is 35.0 Å². The molecule has 0 aromatic carbocycles. The Hall–Kier alpha value is -1.38. The molecule has 1 aromatic rings. The lowest BCUT2D eigenvalue weighted by Gasteiger charge is -2.22. The van der Waals surface area contributed by atoms with Gasteiger partial charge in [-0.05, 0) is 12.8 Å². The van der Waals surface area contributed by atoms with E-state index < -0.39 is 12.1 Å². The van der Waals surface area contributed by atoms with E-state index in [1.807, 2.05) is 17.1 Å². The van der Waals surface area contributed by atoms with Crippen LogP contribution in [0.4, 0.5) is 0 Å². The van der Waals surface area contributed by atoms with Crippen molar-refractivity contribution < 1.29 is 19.8 Å². The van der Waals surface area contributed by atoms with E-state index in [4.69, 9.17) is 5.11 Å². The van der Waals surface area contributed by atoms with Gasteiger partial charge in [0.15, 0.2) is 10.0 Å². The zero-order chi connectivity index (χ0) is 18.9. The molecule has 0 bridgehead atoms. The first kappa shape index (κ1) is 20.9. The Kier molecular flexibility index (Phi) is 8.61. The van der Waals surface area contributed by atoms with Crippen LogP contribution in [0.3, 0.4) is 0 Å². The van der Waals surface area contributed by atoms with Gasteiger partial charge < -0.3 is 15.1 Å². The SMILES string of the molecule is CCCCCC(O)C=C[C@H]1CCC(=O)N1CCSc1nc(C(=O)O)cs1. The van der Waals surface area contributed by atoms with E-state index in [-0.39, 0.29) is 17.6 Å². The molecule has 2 atom stereocenters. The van der Waals surface area contributed by atoms with E-state index in [9.17, 15) is 14.7 Å². The van der Waals surface area contributed by atoms with Crippen LogP contribution in [0, 0.1) is 0 Å². The summed E-state index contributed by atoms with van der Waals surface area (Å²) in [6.07, 6.45) is 8.67. The highest BCUT2D eigenvalue weighted by atomic mass is 32.2. The van der Waals surface area contributed by atoms with Crippen LogP contribution in [0.1, 0.15) is 55.9 Å². The van der Waals surface area contributed by atoms with E-state index in [1.54, 1.807) is 0 Å². The average Bonchev–Trinajstić information content (AvgIpc) is 3.21. The van der Waals surface area contributed by atoms with Crippen molar-refractivity contribution in [1.82, 2.24) is 9.88 Å². The lowest BCUT2D eigenvalue weighted by atomic mass is 10.1. The summed E-state index contributed by atoms with van der Waals surface area (Å²) in [6, 6.07) is 0.0369. The molecule has 2 N–H and O–H groups in total. The van der Waals surface area contributed by atoms with Crippen molar-refractivity contribution in [1.29, 1.82) is 0 Å². The maximum atomic E-state index is 12.1. The van der Waals surface area contributed by atoms with Crippen molar-refractivity contribution in [3.63, 3.8) is 0 Å². The first-order chi connectivity index (χ1) is 12.5. The Morgan fingerprint density at radius 3 is 3.04 bits per heavy atom. The molecule has 0 radical (unpaired) electrons. The third-order valence-electron chi connectivity index (χ3n) is 4.29. The molecule has 0 saturated carbocycles. The maximum absolute atomic E-state index is 12.1. The van der Waals surface area contributed by atoms with Gasteiger partial charge in [-0.2, -0.15) is 0 Å². The minimum atomic E-state index is -1.02. The fourth-order valence-corrected chi connectivity index (χ4v) is 4.66. The first-order valence-corrected chi connectivity index (χ1v) is 10.8. The molecule has 1 aliphatic heterocycles. The number of unbranched alkanes of at least 4 members (excludes halogenated alkanes) is 2. The number of hydrogen-bond donors (Lipinski definition) is 2. The minimum absolute atomic E-state index is 0.0369. The number of aromatic nitrogens is 1. The van der Waals surface area contributed by atoms with Gasteiger partial charge in [-0.15, -0.1) is 11.3 Å². The highest BCUT2D eigenvalue weighted by molar-refractivity contribution is 8.01. The molecule has 1 amide bonds. The molecule has 2 heterocycles. The van der Waals surface area contributed by atoms with Crippen LogP contribution < -0.4 is 0 Å². The fraction of sp³-hybridized carbons (Fsp3) is 0.611. The summed E-state index contributed by atoms with van der Waals surface area (Å²) >= 11 is 2.77. The lowest BCUT2D eigenvalue weighted by molar-refractivity contribution is -0.128. The van der Waals surface area contributed by atoms with Crippen molar-refractivity contribution in [3.05, 3.63) is 23.2 Å². The molecular formula is C18H26N2O4S2. The molecular weight excluding hydrogens is 372 g/mol. The molecule has 8 heteroatoms. The minimum Gasteiger partial charge on any atom is -0.476 e. The molecule has 1 unspecified atom stereocenters. The zero-order valence-electron chi connectivity index (χ0n) is 15.0. The van der Waals surface area contributed by atoms with Crippen LogP contribution in [-0.2, 0) is 4.79 Å². The van der Waals surface area contributed by atoms with Crippen LogP contribution in [0.15, 0.2) is 21.9 Å². The highest BCUT2D eigenvalue weighted by Crippen LogP contribution is 2.25. The number of amides is 1. The normalized spacial score (nSPS) is 18.8. The number of aliphatic hydroxyl groups excluding tert-OH is 1. The van der Waals surface area contributed by atoms with E-state index in [2.05, 4.69) is 11.9 Å². The number of carbonyl (C=O) groups is 2. The number of likely N-dealkylation sites (tertiary alicyclic amines) is 1. The van der Waals surface area contributed by atoms with Crippen LogP contribution in [0.25, 0.3) is 0 Å². The quantitative estimate of drug-likeness (QED) is 0.337. The van der Waals surface area contributed by atoms with Crippen LogP contribution in [0.5, 0.6) is 0 Å². The highest BCUT2D eigenvalue weighted by Gasteiger charge is 2.28. The standard InChI is InChI=1S/C18H26N2O4S2/c1-2-3-4-5-14(21)8-6-13-7-9-16(22)20(13)10-11-25-18-19-15(12-26-18)17(23)24/h6,8,12-14,21H,2-5,7,9-11H2,1H3,(H,23,24)/t13-,14?/m0/s1. The van der Waals surface area contributed by atoms with Gasteiger partial charge in [0, 0.05) is 24.1 Å². The summed E-state index contributed by atoms with van der Waals surface area (Å²) in [5, 5.41) is 20.4. The summed E-state index contributed by atoms with van der Waals surface area (Å²) in [5.74, 6) is -0.224. The number of rotatable bonds is 11. The molecule has 1 aliphatic rings. The number of carboxylic acid groups (broad SMARTS) is 1. The number of aliphatic hydroxyl groups is 1. The Labute approximate surface area is 162 Å². The summed E-state index contributed by atoms with van der Waals surface area (Å²) in [6.45, 7) is 2.73. The topological polar surface area (TPSA) is 90.7 Å². The third-order valence-corrected chi connectivity index (χ3v) is 6.29. The van der Waals surface area contributed by atoms with Crippen LogP contribution in [0.2, 0.25) is 0 Å². The van der Waals surface area contributed by atoms with E-state index in [1.165, 1.54) is 28.5 Å². The predicted molar refractivity (Wildman–Crippen MR) is 104 cm³/mol. The molecule has 1 fully saturated rings. The molecule has 2 rings (SSSR count). The number of carboxylic acids is 1. The largest absolute Gasteiger partial charge is 0.476 e. The number of carbonyl (C=O) groups excluding carboxylic acids is 1. The number of hydrogen-bond acceptors (Lipinski definition) is 6. The van der Waals surface area contributed by atoms with Gasteiger partial charge in [-0.25, -0.2) is 9.78 Å². The number of thioether (sulfide) groups is 1. The molecule has 0 spiro atoms. The van der Waals surface area contributed by atoms with E-state index in [0.717, 1.165) is 32.1 Å². The van der Waals surface area contributed by atoms with E-state index >= 15 is 0 Å². The smallest absolute Gasteiger partial charge is 0.355 e. The van der Waals surface area contributed by atoms with Gasteiger partial charge in [0.25, 0.3) is 0 Å². The summed E-state index contributed by atoms with van der Waals surface area (Å²) in [5.41, 5.74) is 0.0626. The average molecular weight is 399 g/mol. The summed E-state index contributed by atoms with van der Waals surface area (Å²) in [7, 11) is 0. The summed E-state index contributed by atoms with van der Waals surface area (Å²) < 4.78 is 0.701. The molecule has 144 valence electrons. The Bertz CT molecular complexity index is 632. The van der Waals surface area contributed by atoms with E-state index in [0.29, 0.717) is 23.1 Å². The lowest BCUT2D eigenvalue weighted by Crippen LogP contribution is -2.33. The van der Waals surface area contributed by atoms with Crippen LogP contribution >= 0.6 is 23.1 Å².